The van der Waals surface area contributed by atoms with Crippen molar-refractivity contribution in [1.29, 1.82) is 0 Å². The van der Waals surface area contributed by atoms with Gasteiger partial charge in [0.05, 0.1) is 19.8 Å². The number of benzene rings is 1. The van der Waals surface area contributed by atoms with Crippen molar-refractivity contribution in [2.45, 2.75) is 12.2 Å². The van der Waals surface area contributed by atoms with Gasteiger partial charge in [0, 0.05) is 26.2 Å². The maximum absolute atomic E-state index is 14.0. The van der Waals surface area contributed by atoms with E-state index in [2.05, 4.69) is 0 Å². The molecule has 146 valence electrons. The topological polar surface area (TPSA) is 81.0 Å². The first-order chi connectivity index (χ1) is 12.7. The van der Waals surface area contributed by atoms with E-state index in [0.29, 0.717) is 18.8 Å². The molecule has 10 heteroatoms. The number of amides is 3. The lowest BCUT2D eigenvalue weighted by molar-refractivity contribution is -0.405. The second-order valence-corrected chi connectivity index (χ2v) is 8.66. The molecule has 2 aliphatic heterocycles. The maximum atomic E-state index is 14.0. The van der Waals surface area contributed by atoms with Crippen molar-refractivity contribution in [3.8, 4) is 0 Å². The van der Waals surface area contributed by atoms with Crippen LogP contribution in [0.1, 0.15) is 6.92 Å². The van der Waals surface area contributed by atoms with Gasteiger partial charge in [0.25, 0.3) is 0 Å². The summed E-state index contributed by atoms with van der Waals surface area (Å²) in [4.78, 5) is 27.1. The molecule has 0 radical (unpaired) electrons. The van der Waals surface area contributed by atoms with E-state index in [0.717, 1.165) is 4.90 Å². The smallest absolute Gasteiger partial charge is 0.367 e. The second kappa shape index (κ2) is 7.01. The zero-order valence-electron chi connectivity index (χ0n) is 15.4. The molecule has 0 N–H and O–H groups in total. The Hall–Kier alpha value is -2.33. The molecule has 1 unspecified atom stereocenters. The Morgan fingerprint density at radius 1 is 1.11 bits per heavy atom. The summed E-state index contributed by atoms with van der Waals surface area (Å²) in [5.74, 6) is -1.12. The lowest BCUT2D eigenvalue weighted by atomic mass is 10.2. The van der Waals surface area contributed by atoms with Crippen LogP contribution in [0, 0.1) is 5.82 Å². The van der Waals surface area contributed by atoms with Crippen LogP contribution in [-0.4, -0.2) is 85.4 Å². The first kappa shape index (κ1) is 19.4. The van der Waals surface area contributed by atoms with E-state index in [4.69, 9.17) is 0 Å². The van der Waals surface area contributed by atoms with Crippen LogP contribution in [0.25, 0.3) is 0 Å². The van der Waals surface area contributed by atoms with Gasteiger partial charge in [-0.1, -0.05) is 12.1 Å². The van der Waals surface area contributed by atoms with Crippen LogP contribution in [-0.2, 0) is 14.8 Å². The highest BCUT2D eigenvalue weighted by Gasteiger charge is 2.52. The van der Waals surface area contributed by atoms with E-state index in [1.165, 1.54) is 36.0 Å². The summed E-state index contributed by atoms with van der Waals surface area (Å²) in [5, 5.41) is -1.43. The lowest BCUT2D eigenvalue weighted by Gasteiger charge is -2.37. The lowest BCUT2D eigenvalue weighted by Crippen LogP contribution is -2.61. The number of sulfonamides is 1. The summed E-state index contributed by atoms with van der Waals surface area (Å²) < 4.78 is 42.6. The first-order valence-electron chi connectivity index (χ1n) is 8.53. The van der Waals surface area contributed by atoms with Crippen molar-refractivity contribution >= 4 is 33.4 Å². The second-order valence-electron chi connectivity index (χ2n) is 6.64. The monoisotopic (exact) mass is 397 g/mol. The number of anilines is 1. The molecule has 0 saturated carbocycles. The van der Waals surface area contributed by atoms with Gasteiger partial charge < -0.3 is 4.90 Å². The van der Waals surface area contributed by atoms with E-state index in [9.17, 15) is 22.4 Å². The minimum Gasteiger partial charge on any atom is -0.367 e. The highest BCUT2D eigenvalue weighted by molar-refractivity contribution is 7.91. The summed E-state index contributed by atoms with van der Waals surface area (Å²) >= 11 is 0. The zero-order chi connectivity index (χ0) is 19.9. The number of hydrogen-bond donors (Lipinski definition) is 0. The van der Waals surface area contributed by atoms with Gasteiger partial charge >= 0.3 is 11.9 Å². The van der Waals surface area contributed by atoms with Crippen molar-refractivity contribution in [2.75, 3.05) is 45.2 Å². The Balaban J connectivity index is 1.82. The summed E-state index contributed by atoms with van der Waals surface area (Å²) in [6, 6.07) is 5.77. The van der Waals surface area contributed by atoms with Gasteiger partial charge in [-0.2, -0.15) is 18.6 Å². The first-order valence-corrected chi connectivity index (χ1v) is 10.0. The fourth-order valence-electron chi connectivity index (χ4n) is 3.38. The zero-order valence-corrected chi connectivity index (χ0v) is 16.2. The van der Waals surface area contributed by atoms with E-state index >= 15 is 0 Å². The van der Waals surface area contributed by atoms with Crippen LogP contribution >= 0.6 is 0 Å². The number of carbonyl (C=O) groups is 2. The molecule has 1 aromatic rings. The van der Waals surface area contributed by atoms with Gasteiger partial charge in [-0.15, -0.1) is 0 Å². The van der Waals surface area contributed by atoms with Crippen LogP contribution in [0.5, 0.6) is 0 Å². The largest absolute Gasteiger partial charge is 0.500 e. The van der Waals surface area contributed by atoms with Crippen molar-refractivity contribution < 1.29 is 27.0 Å². The Morgan fingerprint density at radius 2 is 1.70 bits per heavy atom. The fraction of sp³-hybridized carbons (Fsp3) is 0.471. The van der Waals surface area contributed by atoms with Crippen LogP contribution in [0.4, 0.5) is 14.9 Å². The third-order valence-corrected chi connectivity index (χ3v) is 7.35. The highest BCUT2D eigenvalue weighted by Crippen LogP contribution is 2.23. The Labute approximate surface area is 157 Å². The quantitative estimate of drug-likeness (QED) is 0.687. The maximum Gasteiger partial charge on any atom is 0.500 e. The predicted octanol–water partition coefficient (Wildman–Crippen LogP) is 0.341. The van der Waals surface area contributed by atoms with E-state index < -0.39 is 27.2 Å². The molecule has 0 aromatic heterocycles. The summed E-state index contributed by atoms with van der Waals surface area (Å²) in [6.45, 7) is 2.36. The van der Waals surface area contributed by atoms with Crippen LogP contribution in [0.2, 0.25) is 0 Å². The number of piperazine rings is 1. The van der Waals surface area contributed by atoms with Crippen LogP contribution < -0.4 is 4.90 Å². The van der Waals surface area contributed by atoms with Crippen molar-refractivity contribution in [3.05, 3.63) is 30.1 Å². The number of nitrogens with zero attached hydrogens (tertiary/aromatic N) is 4. The van der Waals surface area contributed by atoms with Gasteiger partial charge in [-0.3, -0.25) is 0 Å². The van der Waals surface area contributed by atoms with Gasteiger partial charge in [0.15, 0.2) is 0 Å². The molecule has 1 saturated heterocycles. The number of carbonyl (C=O) groups excluding carboxylic acids is 2. The molecule has 0 spiro atoms. The molecule has 0 aliphatic carbocycles. The average molecular weight is 397 g/mol. The minimum absolute atomic E-state index is 0.134. The number of para-hydroxylation sites is 1. The van der Waals surface area contributed by atoms with E-state index in [1.807, 2.05) is 0 Å². The highest BCUT2D eigenvalue weighted by atomic mass is 32.2. The Bertz CT molecular complexity index is 923. The Kier molecular flexibility index (Phi) is 5.04. The van der Waals surface area contributed by atoms with Gasteiger partial charge in [-0.05, 0) is 19.1 Å². The van der Waals surface area contributed by atoms with Gasteiger partial charge in [0.1, 0.15) is 11.5 Å². The van der Waals surface area contributed by atoms with Gasteiger partial charge in [-0.25, -0.2) is 17.6 Å². The molecule has 3 amide bonds. The summed E-state index contributed by atoms with van der Waals surface area (Å²) in [5.41, 5.74) is 0.607. The number of urea groups is 1. The van der Waals surface area contributed by atoms with E-state index in [-0.39, 0.29) is 24.6 Å². The Morgan fingerprint density at radius 3 is 2.30 bits per heavy atom. The summed E-state index contributed by atoms with van der Waals surface area (Å²) in [7, 11) is -1.28. The van der Waals surface area contributed by atoms with E-state index in [1.54, 1.807) is 23.1 Å². The molecular weight excluding hydrogens is 375 g/mol. The summed E-state index contributed by atoms with van der Waals surface area (Å²) in [6.07, 6.45) is 0. The van der Waals surface area contributed by atoms with Gasteiger partial charge in [0.2, 0.25) is 15.3 Å². The number of rotatable bonds is 3. The SMILES string of the molecule is CC1=[N+](C)C(=O)N(C)C(=O)C1S(=O)(=O)N1CCN(c2ccccc2F)CC1. The minimum atomic E-state index is -4.00. The van der Waals surface area contributed by atoms with Crippen molar-refractivity contribution in [2.24, 2.45) is 0 Å². The normalized spacial score (nSPS) is 22.6. The number of halogens is 1. The van der Waals surface area contributed by atoms with Crippen molar-refractivity contribution in [1.82, 2.24) is 9.21 Å². The molecule has 27 heavy (non-hydrogen) atoms. The third-order valence-electron chi connectivity index (χ3n) is 5.13. The molecular formula is C17H22FN4O4S+. The average Bonchev–Trinajstić information content (AvgIpc) is 2.65. The fourth-order valence-corrected chi connectivity index (χ4v) is 5.36. The molecule has 1 aromatic carbocycles. The molecule has 1 fully saturated rings. The third kappa shape index (κ3) is 3.23. The standard InChI is InChI=1S/C17H22FN4O4S/c1-12-15(16(23)20(3)17(24)19(12)2)27(25,26)22-10-8-21(9-11-22)14-7-5-4-6-13(14)18/h4-7,15H,8-11H2,1-3H3/q+1. The molecule has 1 atom stereocenters. The van der Waals surface area contributed by atoms with Crippen LogP contribution in [0.3, 0.4) is 0 Å². The molecule has 2 aliphatic rings. The predicted molar refractivity (Wildman–Crippen MR) is 97.9 cm³/mol. The van der Waals surface area contributed by atoms with Crippen molar-refractivity contribution in [3.63, 3.8) is 0 Å². The molecule has 3 rings (SSSR count). The molecule has 0 bridgehead atoms. The molecule has 2 heterocycles. The number of hydrogen-bond acceptors (Lipinski definition) is 5. The number of imide groups is 1. The molecule has 8 nitrogen and oxygen atoms in total. The van der Waals surface area contributed by atoms with Crippen LogP contribution in [0.15, 0.2) is 24.3 Å².